The zero-order chi connectivity index (χ0) is 20.1. The second-order valence-electron chi connectivity index (χ2n) is 6.50. The molecule has 1 heterocycles. The van der Waals surface area contributed by atoms with Crippen LogP contribution in [0.15, 0.2) is 48.4 Å². The number of carbonyl (C=O) groups excluding carboxylic acids is 1. The Morgan fingerprint density at radius 2 is 2.07 bits per heavy atom. The molecule has 0 saturated heterocycles. The fraction of sp³-hybridized carbons (Fsp3) is 0.286. The summed E-state index contributed by atoms with van der Waals surface area (Å²) < 4.78 is 6.08. The molecule has 1 aliphatic carbocycles. The van der Waals surface area contributed by atoms with Gasteiger partial charge in [-0.15, -0.1) is 0 Å². The monoisotopic (exact) mass is 380 g/mol. The molecule has 0 fully saturated rings. The van der Waals surface area contributed by atoms with Crippen LogP contribution in [0.25, 0.3) is 0 Å². The minimum Gasteiger partial charge on any atom is -0.457 e. The molecule has 146 valence electrons. The highest BCUT2D eigenvalue weighted by molar-refractivity contribution is 5.99. The highest BCUT2D eigenvalue weighted by Gasteiger charge is 2.31. The van der Waals surface area contributed by atoms with Crippen LogP contribution in [0, 0.1) is 6.92 Å². The van der Waals surface area contributed by atoms with Crippen molar-refractivity contribution in [2.24, 2.45) is 0 Å². The summed E-state index contributed by atoms with van der Waals surface area (Å²) in [5, 5.41) is 0. The molecular weight excluding hydrogens is 356 g/mol. The third kappa shape index (κ3) is 4.20. The molecule has 0 saturated carbocycles. The van der Waals surface area contributed by atoms with Crippen LogP contribution in [-0.2, 0) is 11.3 Å². The Morgan fingerprint density at radius 3 is 2.82 bits per heavy atom. The third-order valence-electron chi connectivity index (χ3n) is 4.64. The molecule has 7 nitrogen and oxygen atoms in total. The number of ether oxygens (including phenoxy) is 1. The molecule has 1 aromatic heterocycles. The van der Waals surface area contributed by atoms with E-state index in [1.54, 1.807) is 19.2 Å². The van der Waals surface area contributed by atoms with E-state index in [4.69, 9.17) is 15.3 Å². The van der Waals surface area contributed by atoms with Crippen molar-refractivity contribution in [3.63, 3.8) is 0 Å². The molecule has 2 aromatic rings. The van der Waals surface area contributed by atoms with Crippen molar-refractivity contribution < 1.29 is 14.4 Å². The van der Waals surface area contributed by atoms with Crippen molar-refractivity contribution in [1.29, 1.82) is 0 Å². The number of fused-ring (bicyclic) bond motifs is 1. The second kappa shape index (κ2) is 8.67. The standard InChI is InChI=1S/C21H24N4O3/c1-4-15(9-10-23-27-3)28-19-8-6-5-7-16(19)14-11-17-20(18(26)12-14)13(2)24-21(22)25-17/h4-10,14,23H,11-12H2,1-3H3,(H2,22,24,25)/b10-9-,15-4+. The Morgan fingerprint density at radius 1 is 1.29 bits per heavy atom. The molecule has 0 aliphatic heterocycles. The number of aryl methyl sites for hydroxylation is 1. The number of para-hydroxylation sites is 1. The Labute approximate surface area is 164 Å². The molecule has 0 spiro atoms. The van der Waals surface area contributed by atoms with Crippen LogP contribution in [0.3, 0.4) is 0 Å². The first-order valence-electron chi connectivity index (χ1n) is 9.07. The van der Waals surface area contributed by atoms with E-state index in [0.717, 1.165) is 5.56 Å². The summed E-state index contributed by atoms with van der Waals surface area (Å²) in [5.74, 6) is 1.55. The van der Waals surface area contributed by atoms with Crippen LogP contribution in [0.5, 0.6) is 5.75 Å². The van der Waals surface area contributed by atoms with Crippen LogP contribution >= 0.6 is 0 Å². The lowest BCUT2D eigenvalue weighted by Gasteiger charge is -2.25. The zero-order valence-corrected chi connectivity index (χ0v) is 16.2. The number of hydrogen-bond donors (Lipinski definition) is 2. The van der Waals surface area contributed by atoms with Crippen LogP contribution in [-0.4, -0.2) is 22.9 Å². The smallest absolute Gasteiger partial charge is 0.220 e. The Hall–Kier alpha value is -3.19. The van der Waals surface area contributed by atoms with Gasteiger partial charge in [0.1, 0.15) is 11.5 Å². The van der Waals surface area contributed by atoms with Crippen molar-refractivity contribution in [2.45, 2.75) is 32.6 Å². The first kappa shape index (κ1) is 19.6. The maximum atomic E-state index is 12.8. The minimum absolute atomic E-state index is 0.0361. The summed E-state index contributed by atoms with van der Waals surface area (Å²) >= 11 is 0. The number of nitrogens with one attached hydrogen (secondary N) is 1. The Kier molecular flexibility index (Phi) is 6.06. The highest BCUT2D eigenvalue weighted by atomic mass is 16.6. The van der Waals surface area contributed by atoms with Crippen LogP contribution in [0.4, 0.5) is 5.95 Å². The average Bonchev–Trinajstić information content (AvgIpc) is 2.66. The summed E-state index contributed by atoms with van der Waals surface area (Å²) in [6.07, 6.45) is 6.25. The Bertz CT molecular complexity index is 937. The average molecular weight is 380 g/mol. The van der Waals surface area contributed by atoms with Gasteiger partial charge in [0.05, 0.1) is 24.1 Å². The van der Waals surface area contributed by atoms with Crippen molar-refractivity contribution in [2.75, 3.05) is 12.8 Å². The van der Waals surface area contributed by atoms with Crippen LogP contribution < -0.4 is 16.0 Å². The largest absolute Gasteiger partial charge is 0.457 e. The fourth-order valence-electron chi connectivity index (χ4n) is 3.43. The summed E-state index contributed by atoms with van der Waals surface area (Å²) in [4.78, 5) is 26.0. The first-order valence-corrected chi connectivity index (χ1v) is 9.07. The van der Waals surface area contributed by atoms with E-state index in [1.165, 1.54) is 7.11 Å². The lowest BCUT2D eigenvalue weighted by atomic mass is 9.81. The summed E-state index contributed by atoms with van der Waals surface area (Å²) in [5.41, 5.74) is 11.3. The number of benzene rings is 1. The van der Waals surface area contributed by atoms with Crippen LogP contribution in [0.2, 0.25) is 0 Å². The minimum atomic E-state index is -0.0379. The number of hydrogen-bond acceptors (Lipinski definition) is 7. The lowest BCUT2D eigenvalue weighted by Crippen LogP contribution is -2.23. The molecule has 1 unspecified atom stereocenters. The molecule has 1 aromatic carbocycles. The van der Waals surface area contributed by atoms with Gasteiger partial charge in [-0.05, 0) is 44.1 Å². The molecule has 0 bridgehead atoms. The number of allylic oxidation sites excluding steroid dienone is 2. The molecule has 28 heavy (non-hydrogen) atoms. The number of rotatable bonds is 6. The number of carbonyl (C=O) groups is 1. The molecule has 0 radical (unpaired) electrons. The predicted octanol–water partition coefficient (Wildman–Crippen LogP) is 3.23. The van der Waals surface area contributed by atoms with E-state index in [0.29, 0.717) is 41.3 Å². The molecular formula is C21H24N4O3. The number of ketones is 1. The summed E-state index contributed by atoms with van der Waals surface area (Å²) in [7, 11) is 1.53. The molecule has 3 rings (SSSR count). The molecule has 3 N–H and O–H groups in total. The number of hydroxylamine groups is 1. The maximum Gasteiger partial charge on any atom is 0.220 e. The van der Waals surface area contributed by atoms with Crippen molar-refractivity contribution in [1.82, 2.24) is 15.4 Å². The molecule has 7 heteroatoms. The van der Waals surface area contributed by atoms with E-state index < -0.39 is 0 Å². The number of nitrogens with two attached hydrogens (primary N) is 1. The van der Waals surface area contributed by atoms with E-state index in [1.807, 2.05) is 37.3 Å². The second-order valence-corrected chi connectivity index (χ2v) is 6.50. The van der Waals surface area contributed by atoms with Crippen LogP contribution in [0.1, 0.15) is 46.6 Å². The molecule has 1 aliphatic rings. The fourth-order valence-corrected chi connectivity index (χ4v) is 3.43. The van der Waals surface area contributed by atoms with E-state index >= 15 is 0 Å². The maximum absolute atomic E-state index is 12.8. The van der Waals surface area contributed by atoms with Gasteiger partial charge in [-0.25, -0.2) is 9.97 Å². The van der Waals surface area contributed by atoms with Crippen molar-refractivity contribution >= 4 is 11.7 Å². The summed E-state index contributed by atoms with van der Waals surface area (Å²) in [6, 6.07) is 7.74. The Balaban J connectivity index is 1.90. The van der Waals surface area contributed by atoms with Gasteiger partial charge in [0.15, 0.2) is 5.78 Å². The normalized spacial score (nSPS) is 16.9. The van der Waals surface area contributed by atoms with Gasteiger partial charge in [-0.1, -0.05) is 18.2 Å². The van der Waals surface area contributed by atoms with Gasteiger partial charge in [-0.2, -0.15) is 0 Å². The van der Waals surface area contributed by atoms with E-state index in [2.05, 4.69) is 15.4 Å². The number of nitrogens with zero attached hydrogens (tertiary/aromatic N) is 2. The first-order chi connectivity index (χ1) is 13.5. The zero-order valence-electron chi connectivity index (χ0n) is 16.2. The number of anilines is 1. The van der Waals surface area contributed by atoms with E-state index in [-0.39, 0.29) is 17.6 Å². The topological polar surface area (TPSA) is 99.4 Å². The van der Waals surface area contributed by atoms with Gasteiger partial charge < -0.3 is 10.5 Å². The summed E-state index contributed by atoms with van der Waals surface area (Å²) in [6.45, 7) is 3.68. The number of Topliss-reactive ketones (excluding diaryl/α,β-unsaturated/α-hetero) is 1. The number of nitrogen functional groups attached to an aromatic ring is 1. The third-order valence-corrected chi connectivity index (χ3v) is 4.64. The van der Waals surface area contributed by atoms with Gasteiger partial charge in [0, 0.05) is 18.5 Å². The quantitative estimate of drug-likeness (QED) is 0.451. The number of aromatic nitrogens is 2. The van der Waals surface area contributed by atoms with Crippen molar-refractivity contribution in [3.8, 4) is 5.75 Å². The lowest BCUT2D eigenvalue weighted by molar-refractivity contribution is 0.0961. The van der Waals surface area contributed by atoms with Gasteiger partial charge in [0.2, 0.25) is 5.95 Å². The van der Waals surface area contributed by atoms with Crippen molar-refractivity contribution in [3.05, 3.63) is 70.9 Å². The van der Waals surface area contributed by atoms with Gasteiger partial charge in [-0.3, -0.25) is 15.1 Å². The molecule has 1 atom stereocenters. The van der Waals surface area contributed by atoms with E-state index in [9.17, 15) is 4.79 Å². The van der Waals surface area contributed by atoms with Gasteiger partial charge in [0.25, 0.3) is 0 Å². The predicted molar refractivity (Wildman–Crippen MR) is 107 cm³/mol. The highest BCUT2D eigenvalue weighted by Crippen LogP contribution is 2.37. The SMILES string of the molecule is C/C=C(\C=C/NOC)Oc1ccccc1C1CC(=O)c2c(C)nc(N)nc2C1. The van der Waals surface area contributed by atoms with Gasteiger partial charge >= 0.3 is 0 Å². The molecule has 0 amide bonds.